The molecule has 0 spiro atoms. The Morgan fingerprint density at radius 2 is 2.20 bits per heavy atom. The zero-order valence-electron chi connectivity index (χ0n) is 11.0. The van der Waals surface area contributed by atoms with Gasteiger partial charge in [-0.25, -0.2) is 0 Å². The van der Waals surface area contributed by atoms with Crippen molar-refractivity contribution in [3.8, 4) is 5.75 Å². The summed E-state index contributed by atoms with van der Waals surface area (Å²) in [6, 6.07) is 2.93. The summed E-state index contributed by atoms with van der Waals surface area (Å²) in [5.41, 5.74) is 0.125. The molecule has 0 aliphatic heterocycles. The standard InChI is InChI=1S/C13H16BrNO5/c1-7(16)9-5-8(14)6-10(15(18)19)13(9)20-12-4-2-3-11(12)17/h5-7,11-12,16-17H,2-4H2,1H3/t7-,11?,12?/m1/s1. The van der Waals surface area contributed by atoms with E-state index in [0.29, 0.717) is 22.9 Å². The summed E-state index contributed by atoms with van der Waals surface area (Å²) in [7, 11) is 0. The largest absolute Gasteiger partial charge is 0.480 e. The number of hydrogen-bond donors (Lipinski definition) is 2. The molecule has 0 radical (unpaired) electrons. The fourth-order valence-electron chi connectivity index (χ4n) is 2.37. The minimum Gasteiger partial charge on any atom is -0.480 e. The molecule has 0 heterocycles. The minimum atomic E-state index is -0.903. The molecule has 1 fully saturated rings. The summed E-state index contributed by atoms with van der Waals surface area (Å²) in [5.74, 6) is 0.0409. The van der Waals surface area contributed by atoms with Crippen LogP contribution in [0, 0.1) is 10.1 Å². The zero-order valence-corrected chi connectivity index (χ0v) is 12.5. The normalized spacial score (nSPS) is 23.6. The van der Waals surface area contributed by atoms with Crippen molar-refractivity contribution in [2.45, 2.75) is 44.5 Å². The second kappa shape index (κ2) is 6.07. The van der Waals surface area contributed by atoms with Gasteiger partial charge in [0.15, 0.2) is 0 Å². The molecule has 0 bridgehead atoms. The van der Waals surface area contributed by atoms with Crippen LogP contribution >= 0.6 is 15.9 Å². The van der Waals surface area contributed by atoms with Gasteiger partial charge in [0, 0.05) is 16.1 Å². The van der Waals surface area contributed by atoms with Crippen LogP contribution in [-0.4, -0.2) is 27.3 Å². The Morgan fingerprint density at radius 1 is 1.50 bits per heavy atom. The zero-order chi connectivity index (χ0) is 14.9. The highest BCUT2D eigenvalue weighted by atomic mass is 79.9. The van der Waals surface area contributed by atoms with Crippen molar-refractivity contribution in [3.05, 3.63) is 32.3 Å². The van der Waals surface area contributed by atoms with E-state index in [1.165, 1.54) is 13.0 Å². The maximum Gasteiger partial charge on any atom is 0.312 e. The maximum absolute atomic E-state index is 11.2. The average Bonchev–Trinajstić information content (AvgIpc) is 2.76. The maximum atomic E-state index is 11.2. The van der Waals surface area contributed by atoms with Crippen molar-refractivity contribution in [1.82, 2.24) is 0 Å². The summed E-state index contributed by atoms with van der Waals surface area (Å²) in [6.45, 7) is 1.52. The van der Waals surface area contributed by atoms with Gasteiger partial charge in [-0.3, -0.25) is 10.1 Å². The smallest absolute Gasteiger partial charge is 0.312 e. The lowest BCUT2D eigenvalue weighted by atomic mass is 10.1. The van der Waals surface area contributed by atoms with Gasteiger partial charge in [-0.05, 0) is 32.3 Å². The average molecular weight is 346 g/mol. The number of benzene rings is 1. The SMILES string of the molecule is C[C@@H](O)c1cc(Br)cc([N+](=O)[O-])c1OC1CCCC1O. The highest BCUT2D eigenvalue weighted by Gasteiger charge is 2.31. The number of aliphatic hydroxyl groups excluding tert-OH is 2. The molecule has 0 amide bonds. The molecule has 6 nitrogen and oxygen atoms in total. The molecule has 110 valence electrons. The molecule has 3 atom stereocenters. The van der Waals surface area contributed by atoms with Crippen molar-refractivity contribution < 1.29 is 19.9 Å². The van der Waals surface area contributed by atoms with E-state index in [1.54, 1.807) is 6.07 Å². The van der Waals surface area contributed by atoms with Crippen LogP contribution in [-0.2, 0) is 0 Å². The molecule has 20 heavy (non-hydrogen) atoms. The van der Waals surface area contributed by atoms with E-state index in [4.69, 9.17) is 4.74 Å². The first-order valence-corrected chi connectivity index (χ1v) is 7.20. The molecular formula is C13H16BrNO5. The van der Waals surface area contributed by atoms with Crippen LogP contribution in [0.5, 0.6) is 5.75 Å². The van der Waals surface area contributed by atoms with Gasteiger partial charge in [-0.15, -0.1) is 0 Å². The lowest BCUT2D eigenvalue weighted by molar-refractivity contribution is -0.386. The van der Waals surface area contributed by atoms with Crippen LogP contribution in [0.15, 0.2) is 16.6 Å². The molecule has 1 aromatic carbocycles. The number of nitrogens with zero attached hydrogens (tertiary/aromatic N) is 1. The first kappa shape index (κ1) is 15.2. The van der Waals surface area contributed by atoms with Crippen LogP contribution in [0.4, 0.5) is 5.69 Å². The Kier molecular flexibility index (Phi) is 4.62. The third kappa shape index (κ3) is 3.11. The first-order valence-electron chi connectivity index (χ1n) is 6.40. The summed E-state index contributed by atoms with van der Waals surface area (Å²) < 4.78 is 6.15. The van der Waals surface area contributed by atoms with Gasteiger partial charge in [-0.1, -0.05) is 15.9 Å². The predicted molar refractivity (Wildman–Crippen MR) is 75.7 cm³/mol. The Bertz CT molecular complexity index is 520. The highest BCUT2D eigenvalue weighted by molar-refractivity contribution is 9.10. The monoisotopic (exact) mass is 345 g/mol. The molecule has 2 unspecified atom stereocenters. The van der Waals surface area contributed by atoms with Gasteiger partial charge in [0.2, 0.25) is 5.75 Å². The van der Waals surface area contributed by atoms with E-state index >= 15 is 0 Å². The van der Waals surface area contributed by atoms with E-state index in [1.807, 2.05) is 0 Å². The van der Waals surface area contributed by atoms with Crippen LogP contribution < -0.4 is 4.74 Å². The van der Waals surface area contributed by atoms with E-state index in [-0.39, 0.29) is 11.4 Å². The van der Waals surface area contributed by atoms with Crippen molar-refractivity contribution in [3.63, 3.8) is 0 Å². The number of rotatable bonds is 4. The van der Waals surface area contributed by atoms with Crippen LogP contribution in [0.25, 0.3) is 0 Å². The van der Waals surface area contributed by atoms with E-state index in [9.17, 15) is 20.3 Å². The van der Waals surface area contributed by atoms with Crippen molar-refractivity contribution in [2.24, 2.45) is 0 Å². The second-order valence-corrected chi connectivity index (χ2v) is 5.85. The van der Waals surface area contributed by atoms with Gasteiger partial charge in [0.05, 0.1) is 17.1 Å². The van der Waals surface area contributed by atoms with E-state index in [2.05, 4.69) is 15.9 Å². The predicted octanol–water partition coefficient (Wildman–Crippen LogP) is 2.70. The van der Waals surface area contributed by atoms with E-state index < -0.39 is 23.2 Å². The molecule has 1 aromatic rings. The number of hydrogen-bond acceptors (Lipinski definition) is 5. The molecule has 1 aliphatic rings. The Hall–Kier alpha value is -1.18. The topological polar surface area (TPSA) is 92.8 Å². The number of nitro benzene ring substituents is 1. The van der Waals surface area contributed by atoms with Crippen molar-refractivity contribution in [1.29, 1.82) is 0 Å². The lowest BCUT2D eigenvalue weighted by Gasteiger charge is -2.20. The molecule has 0 aromatic heterocycles. The summed E-state index contributed by atoms with van der Waals surface area (Å²) >= 11 is 3.19. The summed E-state index contributed by atoms with van der Waals surface area (Å²) in [5, 5.41) is 30.8. The Morgan fingerprint density at radius 3 is 2.70 bits per heavy atom. The Labute approximate surface area is 124 Å². The van der Waals surface area contributed by atoms with Crippen LogP contribution in [0.1, 0.15) is 37.9 Å². The molecule has 2 rings (SSSR count). The van der Waals surface area contributed by atoms with Gasteiger partial charge < -0.3 is 14.9 Å². The minimum absolute atomic E-state index is 0.0409. The molecule has 1 aliphatic carbocycles. The lowest BCUT2D eigenvalue weighted by Crippen LogP contribution is -2.26. The molecular weight excluding hydrogens is 330 g/mol. The summed E-state index contributed by atoms with van der Waals surface area (Å²) in [6.07, 6.45) is 0.0968. The third-order valence-electron chi connectivity index (χ3n) is 3.40. The van der Waals surface area contributed by atoms with Gasteiger partial charge >= 0.3 is 5.69 Å². The molecule has 1 saturated carbocycles. The van der Waals surface area contributed by atoms with E-state index in [0.717, 1.165) is 6.42 Å². The fourth-order valence-corrected chi connectivity index (χ4v) is 2.83. The number of nitro groups is 1. The van der Waals surface area contributed by atoms with Crippen LogP contribution in [0.2, 0.25) is 0 Å². The fraction of sp³-hybridized carbons (Fsp3) is 0.538. The third-order valence-corrected chi connectivity index (χ3v) is 3.85. The Balaban J connectivity index is 2.44. The summed E-state index contributed by atoms with van der Waals surface area (Å²) in [4.78, 5) is 10.6. The quantitative estimate of drug-likeness (QED) is 0.646. The van der Waals surface area contributed by atoms with Crippen LogP contribution in [0.3, 0.4) is 0 Å². The first-order chi connectivity index (χ1) is 9.40. The van der Waals surface area contributed by atoms with Gasteiger partial charge in [0.1, 0.15) is 6.10 Å². The molecule has 7 heteroatoms. The number of aliphatic hydroxyl groups is 2. The molecule has 2 N–H and O–H groups in total. The molecule has 0 saturated heterocycles. The number of ether oxygens (including phenoxy) is 1. The van der Waals surface area contributed by atoms with Gasteiger partial charge in [-0.2, -0.15) is 0 Å². The van der Waals surface area contributed by atoms with Crippen molar-refractivity contribution in [2.75, 3.05) is 0 Å². The number of halogens is 1. The highest BCUT2D eigenvalue weighted by Crippen LogP contribution is 2.40. The van der Waals surface area contributed by atoms with Crippen molar-refractivity contribution >= 4 is 21.6 Å². The van der Waals surface area contributed by atoms with Gasteiger partial charge in [0.25, 0.3) is 0 Å². The second-order valence-electron chi connectivity index (χ2n) is 4.93.